The predicted octanol–water partition coefficient (Wildman–Crippen LogP) is 2.35. The Morgan fingerprint density at radius 3 is 2.75 bits per heavy atom. The molecule has 0 saturated heterocycles. The van der Waals surface area contributed by atoms with Crippen LogP contribution >= 0.6 is 0 Å². The minimum atomic E-state index is -0.607. The Bertz CT molecular complexity index is 458. The van der Waals surface area contributed by atoms with Gasteiger partial charge in [-0.25, -0.2) is 4.39 Å². The molecule has 2 saturated carbocycles. The van der Waals surface area contributed by atoms with E-state index in [2.05, 4.69) is 5.32 Å². The summed E-state index contributed by atoms with van der Waals surface area (Å²) in [6, 6.07) is 6.26. The van der Waals surface area contributed by atoms with E-state index in [9.17, 15) is 9.50 Å². The van der Waals surface area contributed by atoms with Crippen molar-refractivity contribution in [3.8, 4) is 5.75 Å². The predicted molar refractivity (Wildman–Crippen MR) is 75.2 cm³/mol. The van der Waals surface area contributed by atoms with E-state index in [1.54, 1.807) is 18.2 Å². The first-order valence-corrected chi connectivity index (χ1v) is 7.46. The van der Waals surface area contributed by atoms with Gasteiger partial charge in [0.2, 0.25) is 0 Å². The van der Waals surface area contributed by atoms with E-state index >= 15 is 0 Å². The molecule has 0 aliphatic heterocycles. The van der Waals surface area contributed by atoms with Gasteiger partial charge in [-0.15, -0.1) is 0 Å². The molecule has 0 amide bonds. The van der Waals surface area contributed by atoms with Crippen LogP contribution in [0.15, 0.2) is 24.3 Å². The van der Waals surface area contributed by atoms with Gasteiger partial charge in [0, 0.05) is 13.1 Å². The first-order valence-electron chi connectivity index (χ1n) is 7.46. The molecule has 0 bridgehead atoms. The average molecular weight is 279 g/mol. The number of nitrogens with one attached hydrogen (secondary N) is 1. The van der Waals surface area contributed by atoms with Gasteiger partial charge in [0.25, 0.3) is 0 Å². The Labute approximate surface area is 119 Å². The SMILES string of the molecule is OC(CNCC1(C2CC2)CC1)COc1ccccc1F. The smallest absolute Gasteiger partial charge is 0.165 e. The zero-order chi connectivity index (χ0) is 14.0. The van der Waals surface area contributed by atoms with Gasteiger partial charge in [-0.1, -0.05) is 12.1 Å². The zero-order valence-electron chi connectivity index (χ0n) is 11.6. The Hall–Kier alpha value is -1.13. The number of aliphatic hydroxyl groups is 1. The molecule has 3 rings (SSSR count). The van der Waals surface area contributed by atoms with Crippen LogP contribution in [0.5, 0.6) is 5.75 Å². The summed E-state index contributed by atoms with van der Waals surface area (Å²) in [5, 5.41) is 13.2. The molecule has 1 aromatic rings. The molecule has 0 radical (unpaired) electrons. The maximum Gasteiger partial charge on any atom is 0.165 e. The molecule has 2 aliphatic rings. The lowest BCUT2D eigenvalue weighted by atomic mass is 10.0. The van der Waals surface area contributed by atoms with Crippen molar-refractivity contribution in [1.29, 1.82) is 0 Å². The summed E-state index contributed by atoms with van der Waals surface area (Å²) in [7, 11) is 0. The van der Waals surface area contributed by atoms with Crippen molar-refractivity contribution in [2.24, 2.45) is 11.3 Å². The Kier molecular flexibility index (Phi) is 3.94. The molecule has 20 heavy (non-hydrogen) atoms. The van der Waals surface area contributed by atoms with E-state index in [0.29, 0.717) is 12.0 Å². The highest BCUT2D eigenvalue weighted by Crippen LogP contribution is 2.60. The number of ether oxygens (including phenoxy) is 1. The second-order valence-corrected chi connectivity index (χ2v) is 6.16. The number of hydrogen-bond donors (Lipinski definition) is 2. The standard InChI is InChI=1S/C16H22FNO2/c17-14-3-1-2-4-15(14)20-10-13(19)9-18-11-16(7-8-16)12-5-6-12/h1-4,12-13,18-19H,5-11H2. The summed E-state index contributed by atoms with van der Waals surface area (Å²) < 4.78 is 18.6. The largest absolute Gasteiger partial charge is 0.488 e. The summed E-state index contributed by atoms with van der Waals surface area (Å²) in [5.74, 6) is 0.725. The molecule has 4 heteroatoms. The van der Waals surface area contributed by atoms with Crippen LogP contribution in [-0.4, -0.2) is 30.9 Å². The second-order valence-electron chi connectivity index (χ2n) is 6.16. The number of hydrogen-bond acceptors (Lipinski definition) is 3. The molecule has 0 spiro atoms. The normalized spacial score (nSPS) is 21.5. The van der Waals surface area contributed by atoms with Crippen LogP contribution in [0.4, 0.5) is 4.39 Å². The van der Waals surface area contributed by atoms with Crippen molar-refractivity contribution in [3.63, 3.8) is 0 Å². The van der Waals surface area contributed by atoms with Crippen LogP contribution in [0, 0.1) is 17.2 Å². The Morgan fingerprint density at radius 2 is 2.10 bits per heavy atom. The molecule has 3 nitrogen and oxygen atoms in total. The first-order chi connectivity index (χ1) is 9.70. The summed E-state index contributed by atoms with van der Waals surface area (Å²) in [5.41, 5.74) is 0.534. The molecule has 1 atom stereocenters. The van der Waals surface area contributed by atoms with Crippen molar-refractivity contribution < 1.29 is 14.2 Å². The van der Waals surface area contributed by atoms with Crippen molar-refractivity contribution >= 4 is 0 Å². The zero-order valence-corrected chi connectivity index (χ0v) is 11.6. The Balaban J connectivity index is 1.35. The van der Waals surface area contributed by atoms with E-state index in [4.69, 9.17) is 4.74 Å². The molecule has 2 fully saturated rings. The van der Waals surface area contributed by atoms with Crippen molar-refractivity contribution in [2.45, 2.75) is 31.8 Å². The average Bonchev–Trinajstić information content (AvgIpc) is 3.30. The van der Waals surface area contributed by atoms with Crippen LogP contribution in [-0.2, 0) is 0 Å². The molecule has 0 aromatic heterocycles. The van der Waals surface area contributed by atoms with E-state index in [-0.39, 0.29) is 12.4 Å². The number of rotatable bonds is 8. The lowest BCUT2D eigenvalue weighted by Gasteiger charge is -2.18. The molecular weight excluding hydrogens is 257 g/mol. The fourth-order valence-electron chi connectivity index (χ4n) is 2.88. The van der Waals surface area contributed by atoms with Gasteiger partial charge in [-0.3, -0.25) is 0 Å². The fourth-order valence-corrected chi connectivity index (χ4v) is 2.88. The number of para-hydroxylation sites is 1. The monoisotopic (exact) mass is 279 g/mol. The van der Waals surface area contributed by atoms with E-state index in [1.165, 1.54) is 31.7 Å². The second kappa shape index (κ2) is 5.70. The van der Waals surface area contributed by atoms with Gasteiger partial charge in [-0.05, 0) is 49.1 Å². The van der Waals surface area contributed by atoms with Gasteiger partial charge < -0.3 is 15.2 Å². The van der Waals surface area contributed by atoms with Crippen molar-refractivity contribution in [1.82, 2.24) is 5.32 Å². The van der Waals surface area contributed by atoms with Crippen molar-refractivity contribution in [3.05, 3.63) is 30.1 Å². The van der Waals surface area contributed by atoms with E-state index < -0.39 is 11.9 Å². The van der Waals surface area contributed by atoms with Gasteiger partial charge in [-0.2, -0.15) is 0 Å². The van der Waals surface area contributed by atoms with Gasteiger partial charge in [0.15, 0.2) is 11.6 Å². The van der Waals surface area contributed by atoms with Crippen molar-refractivity contribution in [2.75, 3.05) is 19.7 Å². The molecule has 2 aliphatic carbocycles. The van der Waals surface area contributed by atoms with Crippen LogP contribution in [0.1, 0.15) is 25.7 Å². The molecule has 2 N–H and O–H groups in total. The molecule has 1 aromatic carbocycles. The quantitative estimate of drug-likeness (QED) is 0.767. The third-order valence-corrected chi connectivity index (χ3v) is 4.46. The summed E-state index contributed by atoms with van der Waals surface area (Å²) in [6.45, 7) is 1.61. The van der Waals surface area contributed by atoms with Crippen LogP contribution in [0.25, 0.3) is 0 Å². The minimum Gasteiger partial charge on any atom is -0.488 e. The highest BCUT2D eigenvalue weighted by Gasteiger charge is 2.53. The van der Waals surface area contributed by atoms with Gasteiger partial charge in [0.05, 0.1) is 0 Å². The maximum absolute atomic E-state index is 13.3. The Morgan fingerprint density at radius 1 is 1.35 bits per heavy atom. The first kappa shape index (κ1) is 13.8. The van der Waals surface area contributed by atoms with Crippen LogP contribution in [0.2, 0.25) is 0 Å². The third-order valence-electron chi connectivity index (χ3n) is 4.46. The third kappa shape index (κ3) is 3.30. The molecule has 0 heterocycles. The number of aliphatic hydroxyl groups excluding tert-OH is 1. The summed E-state index contributed by atoms with van der Waals surface area (Å²) in [6.07, 6.45) is 4.80. The maximum atomic E-state index is 13.3. The van der Waals surface area contributed by atoms with Crippen LogP contribution < -0.4 is 10.1 Å². The highest BCUT2D eigenvalue weighted by molar-refractivity contribution is 5.23. The van der Waals surface area contributed by atoms with E-state index in [1.807, 2.05) is 0 Å². The fraction of sp³-hybridized carbons (Fsp3) is 0.625. The van der Waals surface area contributed by atoms with E-state index in [0.717, 1.165) is 12.5 Å². The highest BCUT2D eigenvalue weighted by atomic mass is 19.1. The lowest BCUT2D eigenvalue weighted by molar-refractivity contribution is 0.102. The topological polar surface area (TPSA) is 41.5 Å². The number of halogens is 1. The number of benzene rings is 1. The summed E-state index contributed by atoms with van der Waals surface area (Å²) in [4.78, 5) is 0. The summed E-state index contributed by atoms with van der Waals surface area (Å²) >= 11 is 0. The molecular formula is C16H22FNO2. The minimum absolute atomic E-state index is 0.115. The lowest BCUT2D eigenvalue weighted by Crippen LogP contribution is -2.35. The van der Waals surface area contributed by atoms with Gasteiger partial charge in [0.1, 0.15) is 12.7 Å². The van der Waals surface area contributed by atoms with Gasteiger partial charge >= 0.3 is 0 Å². The molecule has 110 valence electrons. The molecule has 1 unspecified atom stereocenters. The van der Waals surface area contributed by atoms with Crippen LogP contribution in [0.3, 0.4) is 0 Å².